The van der Waals surface area contributed by atoms with Gasteiger partial charge in [0.25, 0.3) is 5.89 Å². The van der Waals surface area contributed by atoms with Crippen LogP contribution in [0.2, 0.25) is 0 Å². The number of nitrogens with one attached hydrogen (secondary N) is 1. The first-order valence-corrected chi connectivity index (χ1v) is 12.3. The first-order valence-electron chi connectivity index (χ1n) is 12.3. The van der Waals surface area contributed by atoms with E-state index in [4.69, 9.17) is 14.0 Å². The average molecular weight is 488 g/mol. The number of aromatic nitrogens is 2. The monoisotopic (exact) mass is 487 g/mol. The van der Waals surface area contributed by atoms with E-state index in [2.05, 4.69) is 27.6 Å². The van der Waals surface area contributed by atoms with Gasteiger partial charge >= 0.3 is 0 Å². The second kappa shape index (κ2) is 10.5. The van der Waals surface area contributed by atoms with Crippen LogP contribution in [-0.2, 0) is 16.0 Å². The summed E-state index contributed by atoms with van der Waals surface area (Å²) in [5.74, 6) is 1.49. The van der Waals surface area contributed by atoms with Gasteiger partial charge < -0.3 is 24.2 Å². The Bertz CT molecular complexity index is 1290. The number of ether oxygens (including phenoxy) is 2. The Hall–Kier alpha value is -3.74. The Morgan fingerprint density at radius 3 is 2.89 bits per heavy atom. The molecule has 1 aliphatic heterocycles. The molecule has 0 radical (unpaired) electrons. The molecule has 1 saturated heterocycles. The lowest BCUT2D eigenvalue weighted by Crippen LogP contribution is -2.45. The van der Waals surface area contributed by atoms with Crippen molar-refractivity contribution in [2.45, 2.75) is 38.8 Å². The molecule has 2 aromatic carbocycles. The highest BCUT2D eigenvalue weighted by Gasteiger charge is 2.27. The van der Waals surface area contributed by atoms with Crippen molar-refractivity contribution in [3.8, 4) is 34.7 Å². The Balaban J connectivity index is 1.32. The number of carbonyl (C=O) groups excluding carboxylic acids is 1. The van der Waals surface area contributed by atoms with Crippen molar-refractivity contribution in [3.63, 3.8) is 0 Å². The minimum absolute atomic E-state index is 0.0334. The van der Waals surface area contributed by atoms with Gasteiger partial charge in [-0.25, -0.2) is 0 Å². The number of rotatable bonds is 7. The van der Waals surface area contributed by atoms with E-state index in [1.807, 2.05) is 36.9 Å². The number of fused-ring (bicyclic) bond motifs is 1. The number of benzene rings is 2. The summed E-state index contributed by atoms with van der Waals surface area (Å²) in [6.07, 6.45) is 1.73. The number of hydrogen-bond donors (Lipinski definition) is 1. The van der Waals surface area contributed by atoms with E-state index in [-0.39, 0.29) is 18.1 Å². The highest BCUT2D eigenvalue weighted by atomic mass is 16.5. The number of nitrogens with zero attached hydrogens (tertiary/aromatic N) is 4. The smallest absolute Gasteiger partial charge is 0.258 e. The van der Waals surface area contributed by atoms with E-state index in [9.17, 15) is 10.1 Å². The molecule has 1 fully saturated rings. The summed E-state index contributed by atoms with van der Waals surface area (Å²) >= 11 is 0. The van der Waals surface area contributed by atoms with Crippen LogP contribution in [0.3, 0.4) is 0 Å². The number of amides is 1. The van der Waals surface area contributed by atoms with Crippen molar-refractivity contribution in [1.29, 1.82) is 5.26 Å². The molecular weight excluding hydrogens is 458 g/mol. The SMILES string of the molecule is CC(C)Oc1ccc(-c2nc(-c3cccc4c3CC[C@@H]4NCC(=O)N3CCOCC3)no2)cc1C#N. The van der Waals surface area contributed by atoms with Crippen LogP contribution in [0.1, 0.15) is 43.0 Å². The molecule has 9 heteroatoms. The molecule has 0 unspecified atom stereocenters. The molecule has 1 amide bonds. The second-order valence-corrected chi connectivity index (χ2v) is 9.25. The molecule has 9 nitrogen and oxygen atoms in total. The van der Waals surface area contributed by atoms with Crippen LogP contribution >= 0.6 is 0 Å². The van der Waals surface area contributed by atoms with Crippen LogP contribution in [0.25, 0.3) is 22.8 Å². The topological polar surface area (TPSA) is 114 Å². The lowest BCUT2D eigenvalue weighted by molar-refractivity contribution is -0.134. The van der Waals surface area contributed by atoms with Gasteiger partial charge in [-0.2, -0.15) is 10.2 Å². The van der Waals surface area contributed by atoms with Crippen molar-refractivity contribution in [2.24, 2.45) is 0 Å². The van der Waals surface area contributed by atoms with Crippen molar-refractivity contribution >= 4 is 5.91 Å². The maximum absolute atomic E-state index is 12.6. The summed E-state index contributed by atoms with van der Waals surface area (Å²) in [6, 6.07) is 13.6. The minimum Gasteiger partial charge on any atom is -0.490 e. The first-order chi connectivity index (χ1) is 17.5. The molecule has 3 aromatic rings. The number of morpholine rings is 1. The van der Waals surface area contributed by atoms with Gasteiger partial charge in [0.1, 0.15) is 11.8 Å². The number of nitriles is 1. The van der Waals surface area contributed by atoms with E-state index in [1.165, 1.54) is 5.56 Å². The molecule has 0 bridgehead atoms. The van der Waals surface area contributed by atoms with Crippen molar-refractivity contribution < 1.29 is 18.8 Å². The molecule has 186 valence electrons. The summed E-state index contributed by atoms with van der Waals surface area (Å²) in [6.45, 7) is 6.63. The van der Waals surface area contributed by atoms with Crippen LogP contribution in [0, 0.1) is 11.3 Å². The van der Waals surface area contributed by atoms with Gasteiger partial charge in [0, 0.05) is 30.3 Å². The van der Waals surface area contributed by atoms with Gasteiger partial charge in [-0.05, 0) is 56.0 Å². The zero-order valence-electron chi connectivity index (χ0n) is 20.5. The molecule has 0 saturated carbocycles. The van der Waals surface area contributed by atoms with Gasteiger partial charge in [-0.1, -0.05) is 23.4 Å². The molecule has 1 N–H and O–H groups in total. The Labute approximate surface area is 210 Å². The fourth-order valence-electron chi connectivity index (χ4n) is 4.77. The quantitative estimate of drug-likeness (QED) is 0.539. The molecular formula is C27H29N5O4. The maximum Gasteiger partial charge on any atom is 0.258 e. The van der Waals surface area contributed by atoms with Crippen molar-refractivity contribution in [3.05, 3.63) is 53.1 Å². The molecule has 5 rings (SSSR count). The van der Waals surface area contributed by atoms with E-state index >= 15 is 0 Å². The molecule has 0 spiro atoms. The lowest BCUT2D eigenvalue weighted by Gasteiger charge is -2.27. The predicted molar refractivity (Wildman–Crippen MR) is 132 cm³/mol. The standard InChI is InChI=1S/C27H29N5O4/c1-17(2)35-24-9-6-18(14-19(24)15-28)27-30-26(31-36-27)22-5-3-4-21-20(22)7-8-23(21)29-16-25(33)32-10-12-34-13-11-32/h3-6,9,14,17,23,29H,7-8,10-13,16H2,1-2H3/t23-/m0/s1. The maximum atomic E-state index is 12.6. The summed E-state index contributed by atoms with van der Waals surface area (Å²) in [4.78, 5) is 19.0. The van der Waals surface area contributed by atoms with Gasteiger partial charge in [-0.15, -0.1) is 0 Å². The highest BCUT2D eigenvalue weighted by Crippen LogP contribution is 2.37. The van der Waals surface area contributed by atoms with Crippen molar-refractivity contribution in [2.75, 3.05) is 32.8 Å². The van der Waals surface area contributed by atoms with E-state index in [0.29, 0.717) is 61.4 Å². The zero-order chi connectivity index (χ0) is 25.1. The third-order valence-corrected chi connectivity index (χ3v) is 6.51. The fourth-order valence-corrected chi connectivity index (χ4v) is 4.77. The zero-order valence-corrected chi connectivity index (χ0v) is 20.5. The van der Waals surface area contributed by atoms with Gasteiger partial charge in [-0.3, -0.25) is 4.79 Å². The van der Waals surface area contributed by atoms with Crippen LogP contribution in [0.4, 0.5) is 0 Å². The van der Waals surface area contributed by atoms with Gasteiger partial charge in [0.05, 0.1) is 31.4 Å². The molecule has 1 aliphatic carbocycles. The van der Waals surface area contributed by atoms with Gasteiger partial charge in [0.2, 0.25) is 11.7 Å². The molecule has 1 aromatic heterocycles. The second-order valence-electron chi connectivity index (χ2n) is 9.25. The summed E-state index contributed by atoms with van der Waals surface area (Å²) in [7, 11) is 0. The van der Waals surface area contributed by atoms with E-state index in [1.54, 1.807) is 12.1 Å². The van der Waals surface area contributed by atoms with Crippen LogP contribution in [-0.4, -0.2) is 59.9 Å². The highest BCUT2D eigenvalue weighted by molar-refractivity contribution is 5.78. The summed E-state index contributed by atoms with van der Waals surface area (Å²) in [5.41, 5.74) is 4.33. The molecule has 1 atom stereocenters. The van der Waals surface area contributed by atoms with Crippen molar-refractivity contribution in [1.82, 2.24) is 20.4 Å². The summed E-state index contributed by atoms with van der Waals surface area (Å²) < 4.78 is 16.6. The van der Waals surface area contributed by atoms with Crippen LogP contribution in [0.5, 0.6) is 5.75 Å². The lowest BCUT2D eigenvalue weighted by atomic mass is 10.0. The third kappa shape index (κ3) is 4.96. The number of hydrogen-bond acceptors (Lipinski definition) is 8. The van der Waals surface area contributed by atoms with Gasteiger partial charge in [0.15, 0.2) is 0 Å². The predicted octanol–water partition coefficient (Wildman–Crippen LogP) is 3.50. The van der Waals surface area contributed by atoms with E-state index in [0.717, 1.165) is 24.0 Å². The molecule has 2 heterocycles. The average Bonchev–Trinajstić information content (AvgIpc) is 3.55. The van der Waals surface area contributed by atoms with E-state index < -0.39 is 0 Å². The van der Waals surface area contributed by atoms with Crippen LogP contribution in [0.15, 0.2) is 40.9 Å². The minimum atomic E-state index is -0.0334. The Morgan fingerprint density at radius 2 is 2.11 bits per heavy atom. The Morgan fingerprint density at radius 1 is 1.28 bits per heavy atom. The third-order valence-electron chi connectivity index (χ3n) is 6.51. The normalized spacial score (nSPS) is 17.2. The fraction of sp³-hybridized carbons (Fsp3) is 0.407. The van der Waals surface area contributed by atoms with Crippen LogP contribution < -0.4 is 10.1 Å². The number of carbonyl (C=O) groups is 1. The Kier molecular flexibility index (Phi) is 6.98. The summed E-state index contributed by atoms with van der Waals surface area (Å²) in [5, 5.41) is 17.2. The molecule has 36 heavy (non-hydrogen) atoms. The molecule has 2 aliphatic rings. The largest absolute Gasteiger partial charge is 0.490 e. The first kappa shape index (κ1) is 24.0.